The summed E-state index contributed by atoms with van der Waals surface area (Å²) >= 11 is 7.63. The highest BCUT2D eigenvalue weighted by molar-refractivity contribution is 7.98. The van der Waals surface area contributed by atoms with Gasteiger partial charge in [-0.05, 0) is 18.4 Å². The van der Waals surface area contributed by atoms with E-state index in [1.807, 2.05) is 30.5 Å². The summed E-state index contributed by atoms with van der Waals surface area (Å²) in [5.74, 6) is 0.621. The number of hydrogen-bond acceptors (Lipinski definition) is 3. The van der Waals surface area contributed by atoms with Crippen molar-refractivity contribution < 1.29 is 0 Å². The van der Waals surface area contributed by atoms with Gasteiger partial charge in [-0.2, -0.15) is 5.10 Å². The van der Waals surface area contributed by atoms with Crippen molar-refractivity contribution in [2.75, 3.05) is 12.0 Å². The molecule has 2 N–H and O–H groups in total. The highest BCUT2D eigenvalue weighted by Crippen LogP contribution is 2.27. The van der Waals surface area contributed by atoms with Crippen LogP contribution in [0.15, 0.2) is 35.4 Å². The summed E-state index contributed by atoms with van der Waals surface area (Å²) in [7, 11) is 0. The molecule has 2 rings (SSSR count). The lowest BCUT2D eigenvalue weighted by atomic mass is 10.3. The van der Waals surface area contributed by atoms with E-state index in [0.29, 0.717) is 10.8 Å². The highest BCUT2D eigenvalue weighted by Gasteiger charge is 2.09. The molecule has 0 radical (unpaired) electrons. The molecular weight excluding hydrogens is 230 g/mol. The highest BCUT2D eigenvalue weighted by atomic mass is 35.5. The Kier molecular flexibility index (Phi) is 2.88. The maximum atomic E-state index is 6.06. The van der Waals surface area contributed by atoms with Crippen molar-refractivity contribution in [3.05, 3.63) is 35.5 Å². The Balaban J connectivity index is 2.55. The third kappa shape index (κ3) is 1.82. The van der Waals surface area contributed by atoms with Gasteiger partial charge in [-0.1, -0.05) is 23.7 Å². The number of nitrogen functional groups attached to an aromatic ring is 1. The zero-order valence-corrected chi connectivity index (χ0v) is 9.72. The average molecular weight is 240 g/mol. The molecule has 0 unspecified atom stereocenters. The molecule has 0 amide bonds. The number of para-hydroxylation sites is 1. The van der Waals surface area contributed by atoms with E-state index in [0.717, 1.165) is 10.6 Å². The van der Waals surface area contributed by atoms with Crippen molar-refractivity contribution in [3.8, 4) is 5.69 Å². The Morgan fingerprint density at radius 3 is 2.73 bits per heavy atom. The molecule has 0 spiro atoms. The first kappa shape index (κ1) is 10.4. The van der Waals surface area contributed by atoms with Crippen molar-refractivity contribution in [1.82, 2.24) is 9.78 Å². The number of nitrogens with zero attached hydrogens (tertiary/aromatic N) is 2. The minimum Gasteiger partial charge on any atom is -0.383 e. The average Bonchev–Trinajstić information content (AvgIpc) is 2.60. The van der Waals surface area contributed by atoms with Gasteiger partial charge < -0.3 is 5.73 Å². The van der Waals surface area contributed by atoms with Crippen LogP contribution >= 0.6 is 23.4 Å². The predicted molar refractivity (Wildman–Crippen MR) is 64.8 cm³/mol. The molecule has 78 valence electrons. The van der Waals surface area contributed by atoms with Gasteiger partial charge >= 0.3 is 0 Å². The second-order valence-corrected chi connectivity index (χ2v) is 4.22. The first-order chi connectivity index (χ1) is 7.24. The lowest BCUT2D eigenvalue weighted by molar-refractivity contribution is 0.891. The zero-order chi connectivity index (χ0) is 10.8. The maximum absolute atomic E-state index is 6.06. The Morgan fingerprint density at radius 2 is 2.13 bits per heavy atom. The molecule has 1 aromatic carbocycles. The predicted octanol–water partition coefficient (Wildman–Crippen LogP) is 2.83. The summed E-state index contributed by atoms with van der Waals surface area (Å²) in [5.41, 5.74) is 6.74. The first-order valence-corrected chi connectivity index (χ1v) is 5.96. The fourth-order valence-electron chi connectivity index (χ4n) is 1.32. The van der Waals surface area contributed by atoms with Gasteiger partial charge in [0, 0.05) is 0 Å². The molecule has 0 aliphatic carbocycles. The Labute approximate surface area is 97.2 Å². The number of rotatable bonds is 2. The van der Waals surface area contributed by atoms with Crippen LogP contribution in [0.25, 0.3) is 5.69 Å². The van der Waals surface area contributed by atoms with E-state index in [1.54, 1.807) is 22.6 Å². The minimum absolute atomic E-state index is 0.621. The molecule has 1 heterocycles. The summed E-state index contributed by atoms with van der Waals surface area (Å²) in [4.78, 5) is 0.954. The van der Waals surface area contributed by atoms with Gasteiger partial charge in [0.15, 0.2) is 0 Å². The van der Waals surface area contributed by atoms with E-state index in [-0.39, 0.29) is 0 Å². The second kappa shape index (κ2) is 4.16. The summed E-state index contributed by atoms with van der Waals surface area (Å²) < 4.78 is 1.65. The van der Waals surface area contributed by atoms with Gasteiger partial charge in [-0.25, -0.2) is 4.68 Å². The van der Waals surface area contributed by atoms with Gasteiger partial charge in [-0.15, -0.1) is 11.8 Å². The summed E-state index contributed by atoms with van der Waals surface area (Å²) in [6.07, 6.45) is 3.70. The minimum atomic E-state index is 0.621. The van der Waals surface area contributed by atoms with E-state index in [2.05, 4.69) is 5.10 Å². The number of thioether (sulfide) groups is 1. The fraction of sp³-hybridized carbons (Fsp3) is 0.100. The van der Waals surface area contributed by atoms with Crippen LogP contribution < -0.4 is 5.73 Å². The van der Waals surface area contributed by atoms with Crippen molar-refractivity contribution in [2.24, 2.45) is 0 Å². The first-order valence-electron chi connectivity index (χ1n) is 4.36. The number of aromatic nitrogens is 2. The smallest absolute Gasteiger partial charge is 0.141 e. The quantitative estimate of drug-likeness (QED) is 0.820. The molecule has 0 atom stereocenters. The molecule has 5 heteroatoms. The topological polar surface area (TPSA) is 43.8 Å². The molecule has 0 aliphatic rings. The lowest BCUT2D eigenvalue weighted by Crippen LogP contribution is -2.02. The molecule has 2 aromatic rings. The molecule has 0 aliphatic heterocycles. The van der Waals surface area contributed by atoms with E-state index in [9.17, 15) is 0 Å². The molecule has 0 saturated heterocycles. The third-order valence-electron chi connectivity index (χ3n) is 2.07. The molecule has 0 bridgehead atoms. The van der Waals surface area contributed by atoms with Crippen molar-refractivity contribution in [3.63, 3.8) is 0 Å². The van der Waals surface area contributed by atoms with Crippen LogP contribution in [0.5, 0.6) is 0 Å². The van der Waals surface area contributed by atoms with Gasteiger partial charge in [0.2, 0.25) is 0 Å². The standard InChI is InChI=1S/C10H10ClN3S/c1-15-9-6-13-14(10(9)12)8-5-3-2-4-7(8)11/h2-6H,12H2,1H3. The number of hydrogen-bond donors (Lipinski definition) is 1. The Morgan fingerprint density at radius 1 is 1.40 bits per heavy atom. The fourth-order valence-corrected chi connectivity index (χ4v) is 1.98. The Bertz CT molecular complexity index is 481. The number of nitrogens with two attached hydrogens (primary N) is 1. The summed E-state index contributed by atoms with van der Waals surface area (Å²) in [5, 5.41) is 4.84. The van der Waals surface area contributed by atoms with Crippen LogP contribution in [-0.4, -0.2) is 16.0 Å². The second-order valence-electron chi connectivity index (χ2n) is 2.96. The third-order valence-corrected chi connectivity index (χ3v) is 3.15. The van der Waals surface area contributed by atoms with Gasteiger partial charge in [-0.3, -0.25) is 0 Å². The lowest BCUT2D eigenvalue weighted by Gasteiger charge is -2.06. The number of benzene rings is 1. The van der Waals surface area contributed by atoms with Crippen molar-refractivity contribution >= 4 is 29.2 Å². The van der Waals surface area contributed by atoms with E-state index in [1.165, 1.54) is 0 Å². The van der Waals surface area contributed by atoms with Crippen LogP contribution in [0.1, 0.15) is 0 Å². The van der Waals surface area contributed by atoms with E-state index in [4.69, 9.17) is 17.3 Å². The molecule has 0 saturated carbocycles. The van der Waals surface area contributed by atoms with Crippen molar-refractivity contribution in [2.45, 2.75) is 4.90 Å². The Hall–Kier alpha value is -1.13. The van der Waals surface area contributed by atoms with Gasteiger partial charge in [0.05, 0.1) is 21.8 Å². The van der Waals surface area contributed by atoms with Gasteiger partial charge in [0.1, 0.15) is 5.82 Å². The number of anilines is 1. The van der Waals surface area contributed by atoms with E-state index >= 15 is 0 Å². The molecule has 1 aromatic heterocycles. The molecule has 3 nitrogen and oxygen atoms in total. The number of halogens is 1. The monoisotopic (exact) mass is 239 g/mol. The van der Waals surface area contributed by atoms with Gasteiger partial charge in [0.25, 0.3) is 0 Å². The van der Waals surface area contributed by atoms with Crippen LogP contribution in [-0.2, 0) is 0 Å². The molecule has 15 heavy (non-hydrogen) atoms. The van der Waals surface area contributed by atoms with E-state index < -0.39 is 0 Å². The van der Waals surface area contributed by atoms with Crippen molar-refractivity contribution in [1.29, 1.82) is 0 Å². The molecular formula is C10H10ClN3S. The summed E-state index contributed by atoms with van der Waals surface area (Å²) in [6, 6.07) is 7.48. The van der Waals surface area contributed by atoms with Crippen LogP contribution in [0.2, 0.25) is 5.02 Å². The molecule has 0 fully saturated rings. The zero-order valence-electron chi connectivity index (χ0n) is 8.14. The normalized spacial score (nSPS) is 10.5. The largest absolute Gasteiger partial charge is 0.383 e. The van der Waals surface area contributed by atoms with Crippen LogP contribution in [0.3, 0.4) is 0 Å². The summed E-state index contributed by atoms with van der Waals surface area (Å²) in [6.45, 7) is 0. The van der Waals surface area contributed by atoms with Crippen LogP contribution in [0, 0.1) is 0 Å². The maximum Gasteiger partial charge on any atom is 0.141 e. The SMILES string of the molecule is CSc1cnn(-c2ccccc2Cl)c1N. The van der Waals surface area contributed by atoms with Crippen LogP contribution in [0.4, 0.5) is 5.82 Å².